The van der Waals surface area contributed by atoms with Gasteiger partial charge in [-0.25, -0.2) is 4.39 Å². The molecule has 0 saturated carbocycles. The van der Waals surface area contributed by atoms with E-state index >= 15 is 0 Å². The molecule has 0 N–H and O–H groups in total. The van der Waals surface area contributed by atoms with Gasteiger partial charge in [-0.3, -0.25) is 0 Å². The molecule has 0 aliphatic heterocycles. The van der Waals surface area contributed by atoms with E-state index in [-0.39, 0.29) is 5.82 Å². The lowest BCUT2D eigenvalue weighted by Crippen LogP contribution is -1.92. The smallest absolute Gasteiger partial charge is 0.126 e. The van der Waals surface area contributed by atoms with E-state index in [0.717, 1.165) is 36.8 Å². The molecule has 2 aromatic carbocycles. The SMILES string of the molecule is CCCc1cc(CCC)cc(-c2ccc(C)c(F)c2)c1. The summed E-state index contributed by atoms with van der Waals surface area (Å²) in [6, 6.07) is 12.2. The van der Waals surface area contributed by atoms with Crippen molar-refractivity contribution in [3.8, 4) is 11.1 Å². The van der Waals surface area contributed by atoms with E-state index in [1.54, 1.807) is 13.0 Å². The maximum atomic E-state index is 13.8. The highest BCUT2D eigenvalue weighted by molar-refractivity contribution is 5.65. The first kappa shape index (κ1) is 14.8. The largest absolute Gasteiger partial charge is 0.207 e. The lowest BCUT2D eigenvalue weighted by molar-refractivity contribution is 0.619. The van der Waals surface area contributed by atoms with Crippen LogP contribution in [0.25, 0.3) is 11.1 Å². The molecule has 0 atom stereocenters. The van der Waals surface area contributed by atoms with E-state index in [2.05, 4.69) is 32.0 Å². The Kier molecular flexibility index (Phi) is 4.94. The Labute approximate surface area is 121 Å². The first-order valence-electron chi connectivity index (χ1n) is 7.53. The van der Waals surface area contributed by atoms with Gasteiger partial charge in [-0.2, -0.15) is 0 Å². The van der Waals surface area contributed by atoms with Gasteiger partial charge in [0.1, 0.15) is 5.82 Å². The Morgan fingerprint density at radius 1 is 0.800 bits per heavy atom. The second-order valence-corrected chi connectivity index (χ2v) is 5.50. The molecule has 0 aromatic heterocycles. The van der Waals surface area contributed by atoms with Gasteiger partial charge >= 0.3 is 0 Å². The summed E-state index contributed by atoms with van der Waals surface area (Å²) in [7, 11) is 0. The van der Waals surface area contributed by atoms with Crippen LogP contribution in [0.4, 0.5) is 4.39 Å². The molecule has 2 rings (SSSR count). The van der Waals surface area contributed by atoms with Gasteiger partial charge in [-0.1, -0.05) is 57.0 Å². The molecule has 20 heavy (non-hydrogen) atoms. The van der Waals surface area contributed by atoms with Crippen LogP contribution in [-0.2, 0) is 12.8 Å². The molecule has 1 heteroatoms. The first-order chi connectivity index (χ1) is 9.63. The quantitative estimate of drug-likeness (QED) is 0.653. The Hall–Kier alpha value is -1.63. The van der Waals surface area contributed by atoms with Gasteiger partial charge in [0.15, 0.2) is 0 Å². The third-order valence-electron chi connectivity index (χ3n) is 3.64. The zero-order valence-electron chi connectivity index (χ0n) is 12.7. The molecular weight excluding hydrogens is 247 g/mol. The van der Waals surface area contributed by atoms with Gasteiger partial charge in [-0.05, 0) is 53.6 Å². The third kappa shape index (κ3) is 3.47. The maximum absolute atomic E-state index is 13.8. The van der Waals surface area contributed by atoms with Crippen LogP contribution in [0, 0.1) is 12.7 Å². The first-order valence-corrected chi connectivity index (χ1v) is 7.53. The van der Waals surface area contributed by atoms with E-state index in [1.807, 2.05) is 12.1 Å². The average Bonchev–Trinajstić information content (AvgIpc) is 2.42. The van der Waals surface area contributed by atoms with Crippen LogP contribution in [0.15, 0.2) is 36.4 Å². The lowest BCUT2D eigenvalue weighted by Gasteiger charge is -2.10. The Bertz CT molecular complexity index is 560. The van der Waals surface area contributed by atoms with Crippen LogP contribution in [-0.4, -0.2) is 0 Å². The van der Waals surface area contributed by atoms with Crippen molar-refractivity contribution in [2.45, 2.75) is 46.5 Å². The maximum Gasteiger partial charge on any atom is 0.126 e. The summed E-state index contributed by atoms with van der Waals surface area (Å²) in [5.74, 6) is -0.125. The minimum absolute atomic E-state index is 0.125. The van der Waals surface area contributed by atoms with Crippen molar-refractivity contribution in [3.05, 3.63) is 58.9 Å². The van der Waals surface area contributed by atoms with E-state index in [0.29, 0.717) is 5.56 Å². The molecule has 0 saturated heterocycles. The van der Waals surface area contributed by atoms with Crippen molar-refractivity contribution in [1.29, 1.82) is 0 Å². The normalized spacial score (nSPS) is 10.8. The minimum Gasteiger partial charge on any atom is -0.207 e. The second kappa shape index (κ2) is 6.69. The summed E-state index contributed by atoms with van der Waals surface area (Å²) >= 11 is 0. The van der Waals surface area contributed by atoms with Crippen molar-refractivity contribution in [1.82, 2.24) is 0 Å². The molecule has 0 radical (unpaired) electrons. The Morgan fingerprint density at radius 2 is 1.40 bits per heavy atom. The monoisotopic (exact) mass is 270 g/mol. The van der Waals surface area contributed by atoms with Crippen molar-refractivity contribution in [2.75, 3.05) is 0 Å². The molecule has 0 spiro atoms. The van der Waals surface area contributed by atoms with Crippen molar-refractivity contribution < 1.29 is 4.39 Å². The van der Waals surface area contributed by atoms with Crippen LogP contribution in [0.5, 0.6) is 0 Å². The predicted molar refractivity (Wildman–Crippen MR) is 84.6 cm³/mol. The molecule has 2 aromatic rings. The summed E-state index contributed by atoms with van der Waals surface area (Å²) in [6.45, 7) is 6.19. The van der Waals surface area contributed by atoms with Crippen LogP contribution >= 0.6 is 0 Å². The highest BCUT2D eigenvalue weighted by Crippen LogP contribution is 2.25. The van der Waals surface area contributed by atoms with Crippen LogP contribution in [0.2, 0.25) is 0 Å². The fourth-order valence-electron chi connectivity index (χ4n) is 2.57. The average molecular weight is 270 g/mol. The Morgan fingerprint density at radius 3 is 1.90 bits per heavy atom. The molecule has 0 bridgehead atoms. The fourth-order valence-corrected chi connectivity index (χ4v) is 2.57. The summed E-state index contributed by atoms with van der Waals surface area (Å²) in [6.07, 6.45) is 4.44. The molecule has 106 valence electrons. The van der Waals surface area contributed by atoms with Crippen molar-refractivity contribution in [3.63, 3.8) is 0 Å². The van der Waals surface area contributed by atoms with Crippen LogP contribution in [0.3, 0.4) is 0 Å². The van der Waals surface area contributed by atoms with Gasteiger partial charge in [0.2, 0.25) is 0 Å². The lowest BCUT2D eigenvalue weighted by atomic mass is 9.95. The number of hydrogen-bond donors (Lipinski definition) is 0. The number of hydrogen-bond acceptors (Lipinski definition) is 0. The Balaban J connectivity index is 2.45. The van der Waals surface area contributed by atoms with E-state index in [9.17, 15) is 4.39 Å². The van der Waals surface area contributed by atoms with Gasteiger partial charge in [0.25, 0.3) is 0 Å². The summed E-state index contributed by atoms with van der Waals surface area (Å²) in [4.78, 5) is 0. The molecule has 0 nitrogen and oxygen atoms in total. The number of aryl methyl sites for hydroxylation is 3. The van der Waals surface area contributed by atoms with Gasteiger partial charge in [-0.15, -0.1) is 0 Å². The molecule has 0 fully saturated rings. The summed E-state index contributed by atoms with van der Waals surface area (Å²) in [5, 5.41) is 0. The second-order valence-electron chi connectivity index (χ2n) is 5.50. The standard InChI is InChI=1S/C19H23F/c1-4-6-15-10-16(7-5-2)12-18(11-15)17-9-8-14(3)19(20)13-17/h8-13H,4-7H2,1-3H3. The minimum atomic E-state index is -0.125. The molecule has 0 aliphatic rings. The highest BCUT2D eigenvalue weighted by atomic mass is 19.1. The summed E-state index contributed by atoms with van der Waals surface area (Å²) < 4.78 is 13.8. The fraction of sp³-hybridized carbons (Fsp3) is 0.368. The molecule has 0 unspecified atom stereocenters. The van der Waals surface area contributed by atoms with Crippen molar-refractivity contribution >= 4 is 0 Å². The van der Waals surface area contributed by atoms with Gasteiger partial charge in [0.05, 0.1) is 0 Å². The van der Waals surface area contributed by atoms with E-state index < -0.39 is 0 Å². The third-order valence-corrected chi connectivity index (χ3v) is 3.64. The van der Waals surface area contributed by atoms with Gasteiger partial charge in [0, 0.05) is 0 Å². The van der Waals surface area contributed by atoms with Gasteiger partial charge < -0.3 is 0 Å². The summed E-state index contributed by atoms with van der Waals surface area (Å²) in [5.41, 5.74) is 5.53. The highest BCUT2D eigenvalue weighted by Gasteiger charge is 2.05. The molecule has 0 heterocycles. The van der Waals surface area contributed by atoms with E-state index in [4.69, 9.17) is 0 Å². The zero-order chi connectivity index (χ0) is 14.5. The van der Waals surface area contributed by atoms with Crippen LogP contribution < -0.4 is 0 Å². The predicted octanol–water partition coefficient (Wildman–Crippen LogP) is 5.71. The molecule has 0 amide bonds. The topological polar surface area (TPSA) is 0 Å². The number of halogens is 1. The number of benzene rings is 2. The van der Waals surface area contributed by atoms with E-state index in [1.165, 1.54) is 11.1 Å². The zero-order valence-corrected chi connectivity index (χ0v) is 12.7. The van der Waals surface area contributed by atoms with Crippen molar-refractivity contribution in [2.24, 2.45) is 0 Å². The molecular formula is C19H23F. The molecule has 0 aliphatic carbocycles. The number of rotatable bonds is 5. The van der Waals surface area contributed by atoms with Crippen LogP contribution in [0.1, 0.15) is 43.4 Å².